The molecule has 0 bridgehead atoms. The van der Waals surface area contributed by atoms with E-state index in [1.807, 2.05) is 0 Å². The second kappa shape index (κ2) is 20.0. The molecule has 0 saturated carbocycles. The van der Waals surface area contributed by atoms with Crippen molar-refractivity contribution in [3.05, 3.63) is 132 Å². The van der Waals surface area contributed by atoms with Crippen LogP contribution in [0.15, 0.2) is 121 Å². The van der Waals surface area contributed by atoms with Gasteiger partial charge >= 0.3 is 0 Å². The Hall–Kier alpha value is -3.46. The van der Waals surface area contributed by atoms with Crippen molar-refractivity contribution in [3.63, 3.8) is 0 Å². The molecule has 0 fully saturated rings. The number of aryl methyl sites for hydroxylation is 2. The van der Waals surface area contributed by atoms with Crippen molar-refractivity contribution in [1.29, 1.82) is 0 Å². The largest absolute Gasteiger partial charge is 0.400 e. The van der Waals surface area contributed by atoms with Gasteiger partial charge in [0.2, 0.25) is 0 Å². The van der Waals surface area contributed by atoms with Crippen LogP contribution in [0.3, 0.4) is 0 Å². The lowest BCUT2D eigenvalue weighted by Gasteiger charge is -1.97. The van der Waals surface area contributed by atoms with Gasteiger partial charge in [0.05, 0.1) is 0 Å². The summed E-state index contributed by atoms with van der Waals surface area (Å²) in [5.41, 5.74) is 2.86. The Bertz CT molecular complexity index is 939. The van der Waals surface area contributed by atoms with E-state index in [-0.39, 0.29) is 7.43 Å². The molecule has 0 spiro atoms. The van der Waals surface area contributed by atoms with Crippen LogP contribution in [0.2, 0.25) is 0 Å². The lowest BCUT2D eigenvalue weighted by atomic mass is 10.1. The summed E-state index contributed by atoms with van der Waals surface area (Å²) < 4.78 is 0. The second-order valence-electron chi connectivity index (χ2n) is 7.22. The minimum Gasteiger partial charge on any atom is -0.400 e. The zero-order chi connectivity index (χ0) is 25.0. The Labute approximate surface area is 212 Å². The fourth-order valence-corrected chi connectivity index (χ4v) is 3.28. The third-order valence-corrected chi connectivity index (χ3v) is 5.16. The van der Waals surface area contributed by atoms with Crippen LogP contribution in [0, 0.1) is 0 Å². The van der Waals surface area contributed by atoms with E-state index in [2.05, 4.69) is 135 Å². The first-order valence-electron chi connectivity index (χ1n) is 11.6. The van der Waals surface area contributed by atoms with Crippen LogP contribution in [0.25, 0.3) is 21.5 Å². The van der Waals surface area contributed by atoms with Gasteiger partial charge < -0.3 is 10.2 Å². The summed E-state index contributed by atoms with van der Waals surface area (Å²) in [4.78, 5) is 0. The number of benzene rings is 5. The van der Waals surface area contributed by atoms with Crippen molar-refractivity contribution >= 4 is 21.5 Å². The molecule has 0 aliphatic carbocycles. The number of hydrogen-bond donors (Lipinski definition) is 2. The van der Waals surface area contributed by atoms with E-state index < -0.39 is 0 Å². The third-order valence-electron chi connectivity index (χ3n) is 5.16. The second-order valence-corrected chi connectivity index (χ2v) is 7.22. The number of fused-ring (bicyclic) bond motifs is 2. The van der Waals surface area contributed by atoms with Crippen molar-refractivity contribution < 1.29 is 10.2 Å². The highest BCUT2D eigenvalue weighted by molar-refractivity contribution is 5.82. The van der Waals surface area contributed by atoms with Crippen LogP contribution in [-0.2, 0) is 12.8 Å². The van der Waals surface area contributed by atoms with Gasteiger partial charge in [-0.3, -0.25) is 0 Å². The minimum absolute atomic E-state index is 0. The molecule has 0 saturated heterocycles. The summed E-state index contributed by atoms with van der Waals surface area (Å²) in [6.45, 7) is 4.36. The molecule has 2 nitrogen and oxygen atoms in total. The normalized spacial score (nSPS) is 8.86. The third kappa shape index (κ3) is 11.5. The first kappa shape index (κ1) is 31.5. The summed E-state index contributed by atoms with van der Waals surface area (Å²) in [6.07, 6.45) is 2.29. The molecule has 0 atom stereocenters. The first-order chi connectivity index (χ1) is 16.8. The molecule has 0 amide bonds. The van der Waals surface area contributed by atoms with Crippen molar-refractivity contribution in [1.82, 2.24) is 0 Å². The fourth-order valence-electron chi connectivity index (χ4n) is 3.28. The Morgan fingerprint density at radius 1 is 0.371 bits per heavy atom. The van der Waals surface area contributed by atoms with Crippen molar-refractivity contribution in [3.8, 4) is 0 Å². The van der Waals surface area contributed by atoms with Gasteiger partial charge in [-0.25, -0.2) is 0 Å². The van der Waals surface area contributed by atoms with Crippen LogP contribution < -0.4 is 0 Å². The van der Waals surface area contributed by atoms with Crippen LogP contribution in [-0.4, -0.2) is 24.4 Å². The predicted octanol–water partition coefficient (Wildman–Crippen LogP) is 8.34. The van der Waals surface area contributed by atoms with Gasteiger partial charge in [-0.2, -0.15) is 0 Å². The smallest absolute Gasteiger partial charge is 0.0319 e. The predicted molar refractivity (Wildman–Crippen MR) is 156 cm³/mol. The highest BCUT2D eigenvalue weighted by atomic mass is 16.2. The maximum Gasteiger partial charge on any atom is 0.0319 e. The molecule has 0 unspecified atom stereocenters. The lowest BCUT2D eigenvalue weighted by molar-refractivity contribution is 0.399. The van der Waals surface area contributed by atoms with Crippen molar-refractivity contribution in [2.24, 2.45) is 0 Å². The molecule has 5 rings (SSSR count). The van der Waals surface area contributed by atoms with Gasteiger partial charge in [0.15, 0.2) is 0 Å². The minimum atomic E-state index is 0. The molecule has 0 heterocycles. The average molecular weight is 471 g/mol. The van der Waals surface area contributed by atoms with Crippen LogP contribution in [0.4, 0.5) is 0 Å². The van der Waals surface area contributed by atoms with Crippen LogP contribution in [0.1, 0.15) is 32.4 Å². The Morgan fingerprint density at radius 3 is 0.686 bits per heavy atom. The Kier molecular flexibility index (Phi) is 18.0. The molecule has 0 radical (unpaired) electrons. The van der Waals surface area contributed by atoms with Crippen molar-refractivity contribution in [2.75, 3.05) is 14.2 Å². The molecule has 0 aliphatic heterocycles. The molecule has 2 heteroatoms. The molecule has 5 aromatic rings. The van der Waals surface area contributed by atoms with Crippen molar-refractivity contribution in [2.45, 2.75) is 34.1 Å². The van der Waals surface area contributed by atoms with Crippen LogP contribution in [0.5, 0.6) is 0 Å². The number of aliphatic hydroxyl groups is 2. The quantitative estimate of drug-likeness (QED) is 0.272. The molecular formula is C33H42O2. The molecular weight excluding hydrogens is 428 g/mol. The Balaban J connectivity index is 0.000000456. The van der Waals surface area contributed by atoms with Gasteiger partial charge in [-0.15, -0.1) is 0 Å². The monoisotopic (exact) mass is 470 g/mol. The average Bonchev–Trinajstić information content (AvgIpc) is 2.96. The molecule has 0 aliphatic rings. The highest BCUT2D eigenvalue weighted by Crippen LogP contribution is 2.12. The highest BCUT2D eigenvalue weighted by Gasteiger charge is 1.88. The maximum absolute atomic E-state index is 7.00. The van der Waals surface area contributed by atoms with Gasteiger partial charge in [-0.05, 0) is 45.5 Å². The van der Waals surface area contributed by atoms with Gasteiger partial charge in [0.1, 0.15) is 0 Å². The Morgan fingerprint density at radius 2 is 0.543 bits per heavy atom. The molecule has 2 N–H and O–H groups in total. The standard InChI is InChI=1S/2C10H8.C10H14.2CH4O.CH4/c2*1-2-6-10-8-4-3-7-9(10)5-1;1-3-9-5-7-10(4-2)8-6-9;2*1-2;/h2*1-8H;5-8H,3-4H2,1-2H3;2*2H,1H3;1H4. The summed E-state index contributed by atoms with van der Waals surface area (Å²) in [5, 5.41) is 19.2. The number of aliphatic hydroxyl groups excluding tert-OH is 2. The zero-order valence-corrected chi connectivity index (χ0v) is 20.9. The van der Waals surface area contributed by atoms with E-state index in [0.29, 0.717) is 0 Å². The maximum atomic E-state index is 7.00. The first-order valence-corrected chi connectivity index (χ1v) is 11.6. The molecule has 35 heavy (non-hydrogen) atoms. The fraction of sp³-hybridized carbons (Fsp3) is 0.212. The molecule has 186 valence electrons. The van der Waals surface area contributed by atoms with E-state index in [9.17, 15) is 0 Å². The summed E-state index contributed by atoms with van der Waals surface area (Å²) in [6, 6.07) is 42.3. The van der Waals surface area contributed by atoms with E-state index >= 15 is 0 Å². The van der Waals surface area contributed by atoms with E-state index in [1.165, 1.54) is 32.7 Å². The summed E-state index contributed by atoms with van der Waals surface area (Å²) in [7, 11) is 2.00. The summed E-state index contributed by atoms with van der Waals surface area (Å²) in [5.74, 6) is 0. The van der Waals surface area contributed by atoms with E-state index in [4.69, 9.17) is 10.2 Å². The number of rotatable bonds is 2. The van der Waals surface area contributed by atoms with Gasteiger partial charge in [0, 0.05) is 14.2 Å². The van der Waals surface area contributed by atoms with Gasteiger partial charge in [-0.1, -0.05) is 143 Å². The van der Waals surface area contributed by atoms with Crippen LogP contribution >= 0.6 is 0 Å². The summed E-state index contributed by atoms with van der Waals surface area (Å²) >= 11 is 0. The van der Waals surface area contributed by atoms with E-state index in [1.54, 1.807) is 0 Å². The SMILES string of the molecule is C.CCc1ccc(CC)cc1.CO.CO.c1ccc2ccccc2c1.c1ccc2ccccc2c1. The number of hydrogen-bond acceptors (Lipinski definition) is 2. The topological polar surface area (TPSA) is 40.5 Å². The zero-order valence-electron chi connectivity index (χ0n) is 20.9. The lowest BCUT2D eigenvalue weighted by Crippen LogP contribution is -1.81. The van der Waals surface area contributed by atoms with E-state index in [0.717, 1.165) is 27.1 Å². The van der Waals surface area contributed by atoms with Gasteiger partial charge in [0.25, 0.3) is 0 Å². The molecule has 5 aromatic carbocycles. The molecule has 0 aromatic heterocycles.